The molecule has 0 aliphatic carbocycles. The lowest BCUT2D eigenvalue weighted by molar-refractivity contribution is 0.181. The number of aromatic nitrogens is 2. The van der Waals surface area contributed by atoms with Gasteiger partial charge in [-0.1, -0.05) is 13.0 Å². The number of thiophene rings is 1. The number of hydrogen-bond donors (Lipinski definition) is 0. The second-order valence-electron chi connectivity index (χ2n) is 10.2. The summed E-state index contributed by atoms with van der Waals surface area (Å²) in [5, 5.41) is 1.09. The number of fused-ring (bicyclic) bond motifs is 1. The van der Waals surface area contributed by atoms with Crippen LogP contribution in [-0.2, 0) is 19.4 Å². The van der Waals surface area contributed by atoms with Crippen molar-refractivity contribution in [1.82, 2.24) is 14.9 Å². The maximum Gasteiger partial charge on any atom is 0.231 e. The predicted octanol–water partition coefficient (Wildman–Crippen LogP) is 6.03. The van der Waals surface area contributed by atoms with Crippen LogP contribution in [0.25, 0.3) is 10.2 Å². The molecule has 1 fully saturated rings. The van der Waals surface area contributed by atoms with E-state index in [-0.39, 0.29) is 0 Å². The van der Waals surface area contributed by atoms with Crippen LogP contribution in [0.1, 0.15) is 60.0 Å². The van der Waals surface area contributed by atoms with E-state index in [4.69, 9.17) is 14.7 Å². The summed E-state index contributed by atoms with van der Waals surface area (Å²) in [5.74, 6) is 3.45. The number of piperidine rings is 1. The van der Waals surface area contributed by atoms with E-state index in [1.54, 1.807) is 11.3 Å². The molecule has 6 heteroatoms. The first-order chi connectivity index (χ1) is 16.1. The molecule has 3 aromatic rings. The van der Waals surface area contributed by atoms with Crippen molar-refractivity contribution in [2.24, 2.45) is 5.92 Å². The molecule has 5 nitrogen and oxygen atoms in total. The Labute approximate surface area is 200 Å². The van der Waals surface area contributed by atoms with Crippen molar-refractivity contribution in [2.75, 3.05) is 31.1 Å². The van der Waals surface area contributed by atoms with E-state index in [0.717, 1.165) is 59.6 Å². The van der Waals surface area contributed by atoms with Gasteiger partial charge in [0, 0.05) is 29.2 Å². The van der Waals surface area contributed by atoms with Crippen LogP contribution in [0, 0.1) is 19.8 Å². The Kier molecular flexibility index (Phi) is 5.53. The SMILES string of the molecule is Cc1sc2nc(CN3CCC(C)CC3)nc(Oc3ccc4c5c3CCCN5CCC4)c2c1C. The molecule has 1 aromatic carbocycles. The molecule has 6 rings (SSSR count). The molecule has 0 saturated carbocycles. The first kappa shape index (κ1) is 21.4. The highest BCUT2D eigenvalue weighted by molar-refractivity contribution is 7.18. The van der Waals surface area contributed by atoms with Gasteiger partial charge in [-0.3, -0.25) is 4.90 Å². The number of hydrogen-bond acceptors (Lipinski definition) is 6. The number of benzene rings is 1. The molecular formula is C27H34N4OS. The minimum absolute atomic E-state index is 0.742. The second kappa shape index (κ2) is 8.55. The van der Waals surface area contributed by atoms with Gasteiger partial charge < -0.3 is 9.64 Å². The Morgan fingerprint density at radius 1 is 1.03 bits per heavy atom. The number of ether oxygens (including phenoxy) is 1. The average Bonchev–Trinajstić information content (AvgIpc) is 3.11. The van der Waals surface area contributed by atoms with Gasteiger partial charge in [0.15, 0.2) is 0 Å². The number of likely N-dealkylation sites (tertiary alicyclic amines) is 1. The van der Waals surface area contributed by atoms with Crippen molar-refractivity contribution in [2.45, 2.75) is 65.8 Å². The highest BCUT2D eigenvalue weighted by Crippen LogP contribution is 2.43. The summed E-state index contributed by atoms with van der Waals surface area (Å²) in [5.41, 5.74) is 5.55. The average molecular weight is 463 g/mol. The van der Waals surface area contributed by atoms with Crippen molar-refractivity contribution < 1.29 is 4.74 Å². The molecule has 0 radical (unpaired) electrons. The van der Waals surface area contributed by atoms with Crippen LogP contribution in [0.15, 0.2) is 12.1 Å². The molecule has 0 unspecified atom stereocenters. The molecule has 0 atom stereocenters. The molecule has 3 aliphatic rings. The molecule has 33 heavy (non-hydrogen) atoms. The normalized spacial score (nSPS) is 19.2. The standard InChI is InChI=1S/C27H34N4OS/c1-17-10-14-30(15-11-17)16-23-28-26(24-18(2)19(3)33-27(24)29-23)32-22-9-8-20-6-4-12-31-13-5-7-21(22)25(20)31/h8-9,17H,4-7,10-16H2,1-3H3. The topological polar surface area (TPSA) is 41.5 Å². The van der Waals surface area contributed by atoms with Gasteiger partial charge in [-0.2, -0.15) is 4.98 Å². The van der Waals surface area contributed by atoms with Crippen molar-refractivity contribution in [3.63, 3.8) is 0 Å². The minimum atomic E-state index is 0.742. The highest BCUT2D eigenvalue weighted by atomic mass is 32.1. The Morgan fingerprint density at radius 2 is 1.82 bits per heavy atom. The fourth-order valence-corrected chi connectivity index (χ4v) is 6.80. The summed E-state index contributed by atoms with van der Waals surface area (Å²) >= 11 is 1.77. The molecule has 174 valence electrons. The molecule has 2 aromatic heterocycles. The summed E-state index contributed by atoms with van der Waals surface area (Å²) < 4.78 is 6.71. The maximum atomic E-state index is 6.71. The van der Waals surface area contributed by atoms with Crippen LogP contribution in [0.5, 0.6) is 11.6 Å². The first-order valence-corrected chi connectivity index (χ1v) is 13.4. The third-order valence-electron chi connectivity index (χ3n) is 7.86. The van der Waals surface area contributed by atoms with Gasteiger partial charge in [-0.05, 0) is 88.6 Å². The van der Waals surface area contributed by atoms with Crippen LogP contribution >= 0.6 is 11.3 Å². The van der Waals surface area contributed by atoms with Crippen molar-refractivity contribution in [3.05, 3.63) is 39.5 Å². The lowest BCUT2D eigenvalue weighted by atomic mass is 9.91. The van der Waals surface area contributed by atoms with Crippen LogP contribution in [0.4, 0.5) is 5.69 Å². The van der Waals surface area contributed by atoms with E-state index < -0.39 is 0 Å². The summed E-state index contributed by atoms with van der Waals surface area (Å²) in [6.45, 7) is 12.1. The van der Waals surface area contributed by atoms with Gasteiger partial charge in [-0.15, -0.1) is 11.3 Å². The number of aryl methyl sites for hydroxylation is 3. The largest absolute Gasteiger partial charge is 0.438 e. The van der Waals surface area contributed by atoms with E-state index in [0.29, 0.717) is 0 Å². The maximum absolute atomic E-state index is 6.71. The van der Waals surface area contributed by atoms with E-state index in [9.17, 15) is 0 Å². The molecule has 0 spiro atoms. The summed E-state index contributed by atoms with van der Waals surface area (Å²) in [7, 11) is 0. The van der Waals surface area contributed by atoms with Gasteiger partial charge in [0.2, 0.25) is 5.88 Å². The third-order valence-corrected chi connectivity index (χ3v) is 8.96. The van der Waals surface area contributed by atoms with E-state index in [2.05, 4.69) is 42.7 Å². The zero-order valence-electron chi connectivity index (χ0n) is 20.1. The fraction of sp³-hybridized carbons (Fsp3) is 0.556. The van der Waals surface area contributed by atoms with Crippen LogP contribution in [0.3, 0.4) is 0 Å². The molecule has 0 N–H and O–H groups in total. The Balaban J connectivity index is 1.39. The van der Waals surface area contributed by atoms with Crippen LogP contribution in [-0.4, -0.2) is 41.0 Å². The van der Waals surface area contributed by atoms with Gasteiger partial charge in [0.1, 0.15) is 16.4 Å². The predicted molar refractivity (Wildman–Crippen MR) is 136 cm³/mol. The molecule has 0 amide bonds. The summed E-state index contributed by atoms with van der Waals surface area (Å²) in [4.78, 5) is 17.4. The summed E-state index contributed by atoms with van der Waals surface area (Å²) in [6, 6.07) is 4.47. The van der Waals surface area contributed by atoms with Gasteiger partial charge in [-0.25, -0.2) is 4.98 Å². The first-order valence-electron chi connectivity index (χ1n) is 12.6. The Bertz CT molecular complexity index is 1190. The Morgan fingerprint density at radius 3 is 2.64 bits per heavy atom. The molecular weight excluding hydrogens is 428 g/mol. The second-order valence-corrected chi connectivity index (χ2v) is 11.4. The lowest BCUT2D eigenvalue weighted by Gasteiger charge is -2.37. The smallest absolute Gasteiger partial charge is 0.231 e. The van der Waals surface area contributed by atoms with Crippen molar-refractivity contribution >= 4 is 27.2 Å². The van der Waals surface area contributed by atoms with Gasteiger partial charge in [0.25, 0.3) is 0 Å². The van der Waals surface area contributed by atoms with Crippen LogP contribution < -0.4 is 9.64 Å². The molecule has 0 bridgehead atoms. The third kappa shape index (κ3) is 3.91. The van der Waals surface area contributed by atoms with Crippen molar-refractivity contribution in [1.29, 1.82) is 0 Å². The van der Waals surface area contributed by atoms with Gasteiger partial charge in [0.05, 0.1) is 11.9 Å². The van der Waals surface area contributed by atoms with E-state index >= 15 is 0 Å². The van der Waals surface area contributed by atoms with Crippen LogP contribution in [0.2, 0.25) is 0 Å². The highest BCUT2D eigenvalue weighted by Gasteiger charge is 2.27. The summed E-state index contributed by atoms with van der Waals surface area (Å²) in [6.07, 6.45) is 7.24. The van der Waals surface area contributed by atoms with E-state index in [1.807, 2.05) is 0 Å². The quantitative estimate of drug-likeness (QED) is 0.473. The Hall–Kier alpha value is -2.18. The zero-order chi connectivity index (χ0) is 22.5. The lowest BCUT2D eigenvalue weighted by Crippen LogP contribution is -2.34. The zero-order valence-corrected chi connectivity index (χ0v) is 20.9. The number of rotatable bonds is 4. The van der Waals surface area contributed by atoms with E-state index in [1.165, 1.54) is 72.4 Å². The van der Waals surface area contributed by atoms with Gasteiger partial charge >= 0.3 is 0 Å². The molecule has 3 aliphatic heterocycles. The number of anilines is 1. The monoisotopic (exact) mass is 462 g/mol. The minimum Gasteiger partial charge on any atom is -0.438 e. The molecule has 1 saturated heterocycles. The molecule has 5 heterocycles. The van der Waals surface area contributed by atoms with Crippen molar-refractivity contribution in [3.8, 4) is 11.6 Å². The fourth-order valence-electron chi connectivity index (χ4n) is 5.77. The number of nitrogens with zero attached hydrogens (tertiary/aromatic N) is 4.